The van der Waals surface area contributed by atoms with Crippen LogP contribution in [0.3, 0.4) is 0 Å². The summed E-state index contributed by atoms with van der Waals surface area (Å²) in [4.78, 5) is 4.63. The third kappa shape index (κ3) is 2.79. The van der Waals surface area contributed by atoms with Crippen LogP contribution in [0.25, 0.3) is 22.7 Å². The maximum absolute atomic E-state index is 9.33. The Labute approximate surface area is 145 Å². The maximum Gasteiger partial charge on any atom is 0.153 e. The van der Waals surface area contributed by atoms with Crippen molar-refractivity contribution in [2.24, 2.45) is 0 Å². The summed E-state index contributed by atoms with van der Waals surface area (Å²) in [5, 5.41) is 9.33. The highest BCUT2D eigenvalue weighted by molar-refractivity contribution is 5.76. The fraction of sp³-hybridized carbons (Fsp3) is 0.150. The maximum atomic E-state index is 9.33. The summed E-state index contributed by atoms with van der Waals surface area (Å²) in [6.45, 7) is 1.91. The Kier molecular flexibility index (Phi) is 3.99. The van der Waals surface area contributed by atoms with Crippen LogP contribution in [0, 0.1) is 0 Å². The first-order valence-electron chi connectivity index (χ1n) is 8.13. The molecule has 0 spiro atoms. The molecule has 0 saturated heterocycles. The van der Waals surface area contributed by atoms with Gasteiger partial charge in [0.2, 0.25) is 0 Å². The van der Waals surface area contributed by atoms with Crippen LogP contribution in [0.4, 0.5) is 0 Å². The molecule has 3 aromatic heterocycles. The molecule has 0 amide bonds. The molecule has 4 rings (SSSR count). The lowest BCUT2D eigenvalue weighted by Crippen LogP contribution is -2.06. The van der Waals surface area contributed by atoms with E-state index in [-0.39, 0.29) is 12.6 Å². The smallest absolute Gasteiger partial charge is 0.153 e. The topological polar surface area (TPSA) is 64.3 Å². The molecule has 0 aliphatic heterocycles. The molecular weight excluding hydrogens is 316 g/mol. The van der Waals surface area contributed by atoms with Crippen LogP contribution in [0.1, 0.15) is 24.5 Å². The number of benzene rings is 1. The molecule has 0 unspecified atom stereocenters. The van der Waals surface area contributed by atoms with Gasteiger partial charge in [-0.2, -0.15) is 0 Å². The fourth-order valence-electron chi connectivity index (χ4n) is 2.96. The summed E-state index contributed by atoms with van der Waals surface area (Å²) in [7, 11) is 0. The summed E-state index contributed by atoms with van der Waals surface area (Å²) in [6, 6.07) is 17.4. The highest BCUT2D eigenvalue weighted by atomic mass is 16.4. The number of aliphatic hydroxyl groups is 1. The molecule has 5 nitrogen and oxygen atoms in total. The summed E-state index contributed by atoms with van der Waals surface area (Å²) in [5.74, 6) is 2.03. The average Bonchev–Trinajstić information content (AvgIpc) is 3.41. The van der Waals surface area contributed by atoms with E-state index in [0.717, 1.165) is 22.7 Å². The average molecular weight is 334 g/mol. The van der Waals surface area contributed by atoms with E-state index in [1.54, 1.807) is 18.7 Å². The van der Waals surface area contributed by atoms with Crippen LogP contribution >= 0.6 is 0 Å². The van der Waals surface area contributed by atoms with Crippen molar-refractivity contribution in [1.82, 2.24) is 9.55 Å². The first-order valence-corrected chi connectivity index (χ1v) is 8.13. The number of aromatic nitrogens is 2. The lowest BCUT2D eigenvalue weighted by molar-refractivity contribution is 0.248. The molecule has 5 heteroatoms. The molecule has 4 aromatic rings. The molecule has 3 heterocycles. The number of nitrogens with zero attached hydrogens (tertiary/aromatic N) is 2. The first-order chi connectivity index (χ1) is 12.3. The van der Waals surface area contributed by atoms with Gasteiger partial charge in [-0.05, 0) is 31.2 Å². The van der Waals surface area contributed by atoms with Crippen LogP contribution in [-0.4, -0.2) is 14.7 Å². The summed E-state index contributed by atoms with van der Waals surface area (Å²) >= 11 is 0. The quantitative estimate of drug-likeness (QED) is 0.583. The molecule has 0 fully saturated rings. The van der Waals surface area contributed by atoms with E-state index in [1.165, 1.54) is 0 Å². The summed E-state index contributed by atoms with van der Waals surface area (Å²) in [5.41, 5.74) is 2.69. The zero-order chi connectivity index (χ0) is 17.2. The van der Waals surface area contributed by atoms with Crippen LogP contribution in [0.5, 0.6) is 0 Å². The number of rotatable bonds is 5. The van der Waals surface area contributed by atoms with Crippen molar-refractivity contribution in [2.45, 2.75) is 19.6 Å². The number of aliphatic hydroxyl groups excluding tert-OH is 1. The lowest BCUT2D eigenvalue weighted by atomic mass is 10.1. The van der Waals surface area contributed by atoms with Gasteiger partial charge in [0.05, 0.1) is 24.3 Å². The van der Waals surface area contributed by atoms with Crippen LogP contribution < -0.4 is 0 Å². The second-order valence-corrected chi connectivity index (χ2v) is 5.83. The molecule has 0 radical (unpaired) electrons. The molecule has 1 N–H and O–H groups in total. The molecule has 0 aliphatic rings. The molecule has 1 atom stereocenters. The van der Waals surface area contributed by atoms with Gasteiger partial charge >= 0.3 is 0 Å². The van der Waals surface area contributed by atoms with Crippen molar-refractivity contribution < 1.29 is 13.9 Å². The highest BCUT2D eigenvalue weighted by Crippen LogP contribution is 2.35. The minimum absolute atomic E-state index is 0.0439. The molecule has 126 valence electrons. The van der Waals surface area contributed by atoms with Gasteiger partial charge in [-0.25, -0.2) is 4.98 Å². The van der Waals surface area contributed by atoms with E-state index in [9.17, 15) is 5.11 Å². The monoisotopic (exact) mass is 334 g/mol. The first kappa shape index (κ1) is 15.5. The Balaban J connectivity index is 1.89. The van der Waals surface area contributed by atoms with Gasteiger partial charge in [0.25, 0.3) is 0 Å². The van der Waals surface area contributed by atoms with Gasteiger partial charge in [-0.1, -0.05) is 30.3 Å². The molecule has 0 saturated carbocycles. The number of imidazole rings is 1. The largest absolute Gasteiger partial charge is 0.467 e. The Morgan fingerprint density at radius 3 is 2.60 bits per heavy atom. The Morgan fingerprint density at radius 1 is 1.08 bits per heavy atom. The van der Waals surface area contributed by atoms with Crippen LogP contribution in [0.15, 0.2) is 76.0 Å². The number of hydrogen-bond acceptors (Lipinski definition) is 4. The van der Waals surface area contributed by atoms with Crippen LogP contribution in [0.2, 0.25) is 0 Å². The zero-order valence-corrected chi connectivity index (χ0v) is 13.8. The Morgan fingerprint density at radius 2 is 1.92 bits per heavy atom. The highest BCUT2D eigenvalue weighted by Gasteiger charge is 2.22. The molecule has 0 bridgehead atoms. The lowest BCUT2D eigenvalue weighted by Gasteiger charge is -2.14. The van der Waals surface area contributed by atoms with Gasteiger partial charge in [-0.15, -0.1) is 0 Å². The van der Waals surface area contributed by atoms with Crippen molar-refractivity contribution >= 4 is 0 Å². The van der Waals surface area contributed by atoms with E-state index in [0.29, 0.717) is 11.5 Å². The fourth-order valence-corrected chi connectivity index (χ4v) is 2.96. The van der Waals surface area contributed by atoms with Crippen molar-refractivity contribution in [3.8, 4) is 22.7 Å². The molecule has 25 heavy (non-hydrogen) atoms. The van der Waals surface area contributed by atoms with Gasteiger partial charge in [0.1, 0.15) is 23.8 Å². The number of furan rings is 2. The van der Waals surface area contributed by atoms with Crippen molar-refractivity contribution in [3.05, 3.63) is 78.7 Å². The minimum Gasteiger partial charge on any atom is -0.467 e. The second kappa shape index (κ2) is 6.45. The third-order valence-electron chi connectivity index (χ3n) is 4.26. The van der Waals surface area contributed by atoms with Gasteiger partial charge < -0.3 is 18.5 Å². The molecule has 1 aromatic carbocycles. The summed E-state index contributed by atoms with van der Waals surface area (Å²) in [6.07, 6.45) is 3.46. The van der Waals surface area contributed by atoms with E-state index in [4.69, 9.17) is 8.83 Å². The SMILES string of the molecule is C[C@H](c1ccco1)n1cnc(-c2ccccc2)c1-c1ccc(CO)o1. The van der Waals surface area contributed by atoms with E-state index in [1.807, 2.05) is 53.1 Å². The van der Waals surface area contributed by atoms with Crippen molar-refractivity contribution in [3.63, 3.8) is 0 Å². The predicted octanol–water partition coefficient (Wildman–Crippen LogP) is 4.50. The molecule has 0 aliphatic carbocycles. The van der Waals surface area contributed by atoms with E-state index >= 15 is 0 Å². The normalized spacial score (nSPS) is 12.4. The predicted molar refractivity (Wildman–Crippen MR) is 93.8 cm³/mol. The zero-order valence-electron chi connectivity index (χ0n) is 13.8. The standard InChI is InChI=1S/C20H18N2O3/c1-14(17-8-5-11-24-17)22-13-21-19(15-6-3-2-4-7-15)20(22)18-10-9-16(12-23)25-18/h2-11,13-14,23H,12H2,1H3/t14-/m1/s1. The summed E-state index contributed by atoms with van der Waals surface area (Å²) < 4.78 is 13.4. The van der Waals surface area contributed by atoms with Crippen molar-refractivity contribution in [1.29, 1.82) is 0 Å². The minimum atomic E-state index is -0.136. The van der Waals surface area contributed by atoms with Gasteiger partial charge in [0, 0.05) is 5.56 Å². The third-order valence-corrected chi connectivity index (χ3v) is 4.26. The van der Waals surface area contributed by atoms with Gasteiger partial charge in [-0.3, -0.25) is 0 Å². The van der Waals surface area contributed by atoms with E-state index < -0.39 is 0 Å². The van der Waals surface area contributed by atoms with Crippen molar-refractivity contribution in [2.75, 3.05) is 0 Å². The Hall–Kier alpha value is -3.05. The van der Waals surface area contributed by atoms with Crippen LogP contribution in [-0.2, 0) is 6.61 Å². The number of hydrogen-bond donors (Lipinski definition) is 1. The molecular formula is C20H18N2O3. The second-order valence-electron chi connectivity index (χ2n) is 5.83. The Bertz CT molecular complexity index is 952. The van der Waals surface area contributed by atoms with E-state index in [2.05, 4.69) is 11.9 Å². The van der Waals surface area contributed by atoms with Gasteiger partial charge in [0.15, 0.2) is 5.76 Å².